The van der Waals surface area contributed by atoms with Crippen LogP contribution >= 0.6 is 11.8 Å². The summed E-state index contributed by atoms with van der Waals surface area (Å²) < 4.78 is 0. The maximum absolute atomic E-state index is 10.9. The van der Waals surface area contributed by atoms with Crippen molar-refractivity contribution in [3.05, 3.63) is 0 Å². The third kappa shape index (κ3) is 1.66. The molecule has 3 heteroatoms. The Hall–Kier alpha value is -0.180. The van der Waals surface area contributed by atoms with E-state index in [4.69, 9.17) is 0 Å². The first-order valence-electron chi connectivity index (χ1n) is 3.62. The molecule has 10 heavy (non-hydrogen) atoms. The molecule has 1 aliphatic heterocycles. The molecular formula is C7H13NOS. The van der Waals surface area contributed by atoms with Crippen molar-refractivity contribution in [1.29, 1.82) is 0 Å². The summed E-state index contributed by atoms with van der Waals surface area (Å²) in [4.78, 5) is 12.8. The Morgan fingerprint density at radius 1 is 1.80 bits per heavy atom. The third-order valence-corrected chi connectivity index (χ3v) is 3.06. The highest BCUT2D eigenvalue weighted by Crippen LogP contribution is 2.21. The maximum atomic E-state index is 10.9. The van der Waals surface area contributed by atoms with Gasteiger partial charge in [-0.3, -0.25) is 4.79 Å². The van der Waals surface area contributed by atoms with Gasteiger partial charge in [-0.05, 0) is 5.92 Å². The Balaban J connectivity index is 2.40. The molecule has 58 valence electrons. The van der Waals surface area contributed by atoms with E-state index in [0.29, 0.717) is 5.92 Å². The van der Waals surface area contributed by atoms with Gasteiger partial charge in [0.05, 0.1) is 0 Å². The van der Waals surface area contributed by atoms with Crippen molar-refractivity contribution in [1.82, 2.24) is 4.90 Å². The van der Waals surface area contributed by atoms with Gasteiger partial charge in [0.2, 0.25) is 0 Å². The first-order valence-corrected chi connectivity index (χ1v) is 4.60. The second-order valence-electron chi connectivity index (χ2n) is 2.73. The molecule has 0 spiro atoms. The lowest BCUT2D eigenvalue weighted by atomic mass is 10.1. The molecule has 1 heterocycles. The second kappa shape index (κ2) is 3.28. The first kappa shape index (κ1) is 7.92. The van der Waals surface area contributed by atoms with Crippen LogP contribution in [0.15, 0.2) is 0 Å². The number of carbonyl (C=O) groups is 1. The molecule has 0 aromatic carbocycles. The fourth-order valence-electron chi connectivity index (χ4n) is 1.06. The fraction of sp³-hybridized carbons (Fsp3) is 0.857. The highest BCUT2D eigenvalue weighted by Gasteiger charge is 2.21. The normalized spacial score (nSPS) is 27.2. The zero-order valence-electron chi connectivity index (χ0n) is 6.46. The zero-order chi connectivity index (χ0) is 7.56. The molecule has 0 saturated carbocycles. The van der Waals surface area contributed by atoms with E-state index < -0.39 is 0 Å². The van der Waals surface area contributed by atoms with Gasteiger partial charge in [0.1, 0.15) is 0 Å². The van der Waals surface area contributed by atoms with Crippen LogP contribution in [-0.2, 0) is 0 Å². The van der Waals surface area contributed by atoms with E-state index in [1.807, 2.05) is 11.9 Å². The van der Waals surface area contributed by atoms with Crippen LogP contribution in [0.4, 0.5) is 4.79 Å². The Kier molecular flexibility index (Phi) is 2.60. The number of amides is 1. The molecule has 0 aliphatic carbocycles. The van der Waals surface area contributed by atoms with Gasteiger partial charge in [-0.1, -0.05) is 25.1 Å². The Labute approximate surface area is 66.0 Å². The summed E-state index contributed by atoms with van der Waals surface area (Å²) in [6.45, 7) is 3.12. The minimum atomic E-state index is 0.227. The largest absolute Gasteiger partial charge is 0.336 e. The minimum absolute atomic E-state index is 0.227. The summed E-state index contributed by atoms with van der Waals surface area (Å²) >= 11 is 1.45. The van der Waals surface area contributed by atoms with Crippen LogP contribution in [0.3, 0.4) is 0 Å². The van der Waals surface area contributed by atoms with Crippen molar-refractivity contribution in [3.8, 4) is 0 Å². The monoisotopic (exact) mass is 159 g/mol. The van der Waals surface area contributed by atoms with Crippen molar-refractivity contribution in [3.63, 3.8) is 0 Å². The quantitative estimate of drug-likeness (QED) is 0.581. The van der Waals surface area contributed by atoms with Crippen LogP contribution in [0.2, 0.25) is 0 Å². The van der Waals surface area contributed by atoms with E-state index in [-0.39, 0.29) is 5.24 Å². The van der Waals surface area contributed by atoms with Crippen LogP contribution in [0.25, 0.3) is 0 Å². The predicted molar refractivity (Wildman–Crippen MR) is 44.3 cm³/mol. The van der Waals surface area contributed by atoms with Gasteiger partial charge < -0.3 is 4.90 Å². The third-order valence-electron chi connectivity index (χ3n) is 1.86. The van der Waals surface area contributed by atoms with Crippen LogP contribution in [0, 0.1) is 5.92 Å². The van der Waals surface area contributed by atoms with Gasteiger partial charge in [0, 0.05) is 19.3 Å². The van der Waals surface area contributed by atoms with Crippen LogP contribution in [-0.4, -0.2) is 29.5 Å². The van der Waals surface area contributed by atoms with Crippen LogP contribution in [0.1, 0.15) is 13.3 Å². The van der Waals surface area contributed by atoms with Crippen molar-refractivity contribution >= 4 is 17.0 Å². The summed E-state index contributed by atoms with van der Waals surface area (Å²) in [7, 11) is 1.87. The molecule has 1 aliphatic rings. The average Bonchev–Trinajstić information content (AvgIpc) is 1.95. The lowest BCUT2D eigenvalue weighted by Gasteiger charge is -2.27. The van der Waals surface area contributed by atoms with Gasteiger partial charge in [-0.15, -0.1) is 0 Å². The first-order chi connectivity index (χ1) is 4.74. The average molecular weight is 159 g/mol. The molecule has 1 rings (SSSR count). The molecule has 0 aromatic rings. The molecule has 1 saturated heterocycles. The Bertz CT molecular complexity index is 138. The summed E-state index contributed by atoms with van der Waals surface area (Å²) in [6, 6.07) is 0. The van der Waals surface area contributed by atoms with E-state index in [2.05, 4.69) is 6.92 Å². The molecule has 2 nitrogen and oxygen atoms in total. The van der Waals surface area contributed by atoms with E-state index in [1.165, 1.54) is 18.2 Å². The maximum Gasteiger partial charge on any atom is 0.281 e. The SMILES string of the molecule is CCC1CSC(=O)N(C)C1. The smallest absolute Gasteiger partial charge is 0.281 e. The molecule has 1 amide bonds. The number of rotatable bonds is 1. The number of hydrogen-bond donors (Lipinski definition) is 0. The molecule has 1 atom stereocenters. The van der Waals surface area contributed by atoms with Crippen LogP contribution in [0.5, 0.6) is 0 Å². The molecular weight excluding hydrogens is 146 g/mol. The highest BCUT2D eigenvalue weighted by atomic mass is 32.2. The minimum Gasteiger partial charge on any atom is -0.336 e. The standard InChI is InChI=1S/C7H13NOS/c1-3-6-4-8(2)7(9)10-5-6/h6H,3-5H2,1-2H3. The van der Waals surface area contributed by atoms with Crippen molar-refractivity contribution in [2.75, 3.05) is 19.3 Å². The summed E-state index contributed by atoms with van der Waals surface area (Å²) in [5.74, 6) is 1.73. The topological polar surface area (TPSA) is 20.3 Å². The predicted octanol–water partition coefficient (Wildman–Crippen LogP) is 1.81. The van der Waals surface area contributed by atoms with Crippen molar-refractivity contribution < 1.29 is 4.79 Å². The van der Waals surface area contributed by atoms with Gasteiger partial charge >= 0.3 is 0 Å². The number of thioether (sulfide) groups is 1. The molecule has 1 unspecified atom stereocenters. The molecule has 0 bridgehead atoms. The van der Waals surface area contributed by atoms with Gasteiger partial charge in [-0.2, -0.15) is 0 Å². The number of carbonyl (C=O) groups excluding carboxylic acids is 1. The summed E-state index contributed by atoms with van der Waals surface area (Å²) in [5, 5.41) is 0.227. The Morgan fingerprint density at radius 2 is 2.50 bits per heavy atom. The van der Waals surface area contributed by atoms with Crippen molar-refractivity contribution in [2.24, 2.45) is 5.92 Å². The van der Waals surface area contributed by atoms with Gasteiger partial charge in [-0.25, -0.2) is 0 Å². The summed E-state index contributed by atoms with van der Waals surface area (Å²) in [6.07, 6.45) is 1.19. The molecule has 0 radical (unpaired) electrons. The lowest BCUT2D eigenvalue weighted by molar-refractivity contribution is 0.223. The molecule has 0 aromatic heterocycles. The van der Waals surface area contributed by atoms with E-state index in [1.54, 1.807) is 0 Å². The molecule has 0 N–H and O–H groups in total. The fourth-order valence-corrected chi connectivity index (χ4v) is 2.08. The lowest BCUT2D eigenvalue weighted by Crippen LogP contribution is -2.34. The van der Waals surface area contributed by atoms with Crippen molar-refractivity contribution in [2.45, 2.75) is 13.3 Å². The molecule has 1 fully saturated rings. The number of hydrogen-bond acceptors (Lipinski definition) is 2. The zero-order valence-corrected chi connectivity index (χ0v) is 7.28. The second-order valence-corrected chi connectivity index (χ2v) is 3.70. The van der Waals surface area contributed by atoms with Gasteiger partial charge in [0.25, 0.3) is 5.24 Å². The summed E-state index contributed by atoms with van der Waals surface area (Å²) in [5.41, 5.74) is 0. The van der Waals surface area contributed by atoms with Gasteiger partial charge in [0.15, 0.2) is 0 Å². The van der Waals surface area contributed by atoms with E-state index in [9.17, 15) is 4.79 Å². The highest BCUT2D eigenvalue weighted by molar-refractivity contribution is 8.13. The van der Waals surface area contributed by atoms with E-state index >= 15 is 0 Å². The van der Waals surface area contributed by atoms with Crippen LogP contribution < -0.4 is 0 Å². The van der Waals surface area contributed by atoms with E-state index in [0.717, 1.165) is 12.3 Å². The Morgan fingerprint density at radius 3 is 3.00 bits per heavy atom. The number of nitrogens with zero attached hydrogens (tertiary/aromatic N) is 1.